The van der Waals surface area contributed by atoms with Crippen molar-refractivity contribution < 1.29 is 0 Å². The standard InChI is InChI=1S/C16H21N3/c17-10-16-15(6-3-8-18-16)12-19-9-7-13-4-1-2-5-14(13)11-19/h3,6,8,13-14H,1-2,4-5,7,9,11-12H2. The zero-order valence-electron chi connectivity index (χ0n) is 11.4. The van der Waals surface area contributed by atoms with Crippen molar-refractivity contribution in [3.05, 3.63) is 29.6 Å². The number of piperidine rings is 1. The van der Waals surface area contributed by atoms with Gasteiger partial charge in [-0.05, 0) is 37.3 Å². The molecule has 1 saturated carbocycles. The highest BCUT2D eigenvalue weighted by atomic mass is 15.1. The monoisotopic (exact) mass is 255 g/mol. The van der Waals surface area contributed by atoms with E-state index in [0.717, 1.165) is 23.9 Å². The Morgan fingerprint density at radius 2 is 2.11 bits per heavy atom. The minimum atomic E-state index is 0.591. The van der Waals surface area contributed by atoms with Gasteiger partial charge in [0.25, 0.3) is 0 Å². The van der Waals surface area contributed by atoms with Gasteiger partial charge in [0.1, 0.15) is 11.8 Å². The molecule has 0 N–H and O–H groups in total. The van der Waals surface area contributed by atoms with Crippen molar-refractivity contribution in [2.75, 3.05) is 13.1 Å². The van der Waals surface area contributed by atoms with Crippen LogP contribution in [0.5, 0.6) is 0 Å². The van der Waals surface area contributed by atoms with E-state index in [1.54, 1.807) is 6.20 Å². The molecule has 1 aliphatic carbocycles. The van der Waals surface area contributed by atoms with Crippen LogP contribution in [0.2, 0.25) is 0 Å². The maximum atomic E-state index is 9.10. The van der Waals surface area contributed by atoms with Gasteiger partial charge in [0.05, 0.1) is 0 Å². The number of aromatic nitrogens is 1. The van der Waals surface area contributed by atoms with Crippen LogP contribution in [0.1, 0.15) is 43.4 Å². The molecule has 0 amide bonds. The molecule has 0 spiro atoms. The van der Waals surface area contributed by atoms with Crippen molar-refractivity contribution in [1.29, 1.82) is 5.26 Å². The molecule has 1 aromatic heterocycles. The summed E-state index contributed by atoms with van der Waals surface area (Å²) in [6.45, 7) is 3.28. The Labute approximate surface area is 115 Å². The maximum Gasteiger partial charge on any atom is 0.144 e. The summed E-state index contributed by atoms with van der Waals surface area (Å²) in [7, 11) is 0. The molecular weight excluding hydrogens is 234 g/mol. The molecular formula is C16H21N3. The first kappa shape index (κ1) is 12.6. The van der Waals surface area contributed by atoms with Gasteiger partial charge in [-0.3, -0.25) is 4.90 Å². The molecule has 2 fully saturated rings. The highest BCUT2D eigenvalue weighted by molar-refractivity contribution is 5.30. The lowest BCUT2D eigenvalue weighted by Crippen LogP contribution is -2.41. The van der Waals surface area contributed by atoms with Crippen LogP contribution in [-0.4, -0.2) is 23.0 Å². The Balaban J connectivity index is 1.66. The van der Waals surface area contributed by atoms with Gasteiger partial charge in [-0.15, -0.1) is 0 Å². The number of rotatable bonds is 2. The molecule has 1 aliphatic heterocycles. The SMILES string of the molecule is N#Cc1ncccc1CN1CCC2CCCCC2C1. The van der Waals surface area contributed by atoms with Gasteiger partial charge in [-0.1, -0.05) is 25.3 Å². The van der Waals surface area contributed by atoms with Gasteiger partial charge in [0.2, 0.25) is 0 Å². The zero-order chi connectivity index (χ0) is 13.1. The Hall–Kier alpha value is -1.40. The summed E-state index contributed by atoms with van der Waals surface area (Å²) in [6.07, 6.45) is 8.73. The van der Waals surface area contributed by atoms with E-state index >= 15 is 0 Å². The van der Waals surface area contributed by atoms with Crippen LogP contribution in [-0.2, 0) is 6.54 Å². The number of nitrogens with zero attached hydrogens (tertiary/aromatic N) is 3. The summed E-state index contributed by atoms with van der Waals surface area (Å²) in [6, 6.07) is 6.18. The summed E-state index contributed by atoms with van der Waals surface area (Å²) in [4.78, 5) is 6.67. The van der Waals surface area contributed by atoms with Gasteiger partial charge in [-0.2, -0.15) is 5.26 Å². The average molecular weight is 255 g/mol. The number of hydrogen-bond acceptors (Lipinski definition) is 3. The first-order valence-corrected chi connectivity index (χ1v) is 7.43. The predicted octanol–water partition coefficient (Wildman–Crippen LogP) is 2.97. The molecule has 3 rings (SSSR count). The summed E-state index contributed by atoms with van der Waals surface area (Å²) >= 11 is 0. The molecule has 2 aliphatic rings. The van der Waals surface area contributed by atoms with Crippen molar-refractivity contribution >= 4 is 0 Å². The van der Waals surface area contributed by atoms with E-state index in [9.17, 15) is 0 Å². The molecule has 1 saturated heterocycles. The number of likely N-dealkylation sites (tertiary alicyclic amines) is 1. The highest BCUT2D eigenvalue weighted by Crippen LogP contribution is 2.36. The molecule has 100 valence electrons. The summed E-state index contributed by atoms with van der Waals surface area (Å²) in [5.74, 6) is 1.86. The van der Waals surface area contributed by atoms with Crippen LogP contribution in [0.4, 0.5) is 0 Å². The Morgan fingerprint density at radius 1 is 1.26 bits per heavy atom. The molecule has 1 aromatic rings. The predicted molar refractivity (Wildman–Crippen MR) is 74.3 cm³/mol. The molecule has 2 atom stereocenters. The van der Waals surface area contributed by atoms with E-state index in [1.807, 2.05) is 12.1 Å². The van der Waals surface area contributed by atoms with E-state index in [4.69, 9.17) is 5.26 Å². The van der Waals surface area contributed by atoms with Gasteiger partial charge < -0.3 is 0 Å². The van der Waals surface area contributed by atoms with Gasteiger partial charge >= 0.3 is 0 Å². The Morgan fingerprint density at radius 3 is 2.95 bits per heavy atom. The van der Waals surface area contributed by atoms with Crippen molar-refractivity contribution in [1.82, 2.24) is 9.88 Å². The van der Waals surface area contributed by atoms with Crippen molar-refractivity contribution in [3.8, 4) is 6.07 Å². The van der Waals surface area contributed by atoms with Crippen LogP contribution in [0.25, 0.3) is 0 Å². The fourth-order valence-corrected chi connectivity index (χ4v) is 3.73. The quantitative estimate of drug-likeness (QED) is 0.815. The number of hydrogen-bond donors (Lipinski definition) is 0. The number of pyridine rings is 1. The van der Waals surface area contributed by atoms with E-state index in [2.05, 4.69) is 16.0 Å². The zero-order valence-corrected chi connectivity index (χ0v) is 11.4. The Kier molecular flexibility index (Phi) is 3.79. The molecule has 3 nitrogen and oxygen atoms in total. The number of fused-ring (bicyclic) bond motifs is 1. The van der Waals surface area contributed by atoms with E-state index in [-0.39, 0.29) is 0 Å². The minimum Gasteiger partial charge on any atom is -0.299 e. The lowest BCUT2D eigenvalue weighted by Gasteiger charge is -2.41. The van der Waals surface area contributed by atoms with E-state index < -0.39 is 0 Å². The normalized spacial score (nSPS) is 27.5. The third-order valence-corrected chi connectivity index (χ3v) is 4.77. The summed E-state index contributed by atoms with van der Waals surface area (Å²) in [5, 5.41) is 9.10. The van der Waals surface area contributed by atoms with Crippen molar-refractivity contribution in [3.63, 3.8) is 0 Å². The molecule has 19 heavy (non-hydrogen) atoms. The highest BCUT2D eigenvalue weighted by Gasteiger charge is 2.31. The molecule has 0 bridgehead atoms. The summed E-state index contributed by atoms with van der Waals surface area (Å²) in [5.41, 5.74) is 1.67. The van der Waals surface area contributed by atoms with Crippen molar-refractivity contribution in [2.24, 2.45) is 11.8 Å². The van der Waals surface area contributed by atoms with Crippen molar-refractivity contribution in [2.45, 2.75) is 38.6 Å². The molecule has 0 aromatic carbocycles. The van der Waals surface area contributed by atoms with Crippen LogP contribution in [0, 0.1) is 23.2 Å². The number of nitriles is 1. The molecule has 3 heteroatoms. The topological polar surface area (TPSA) is 39.9 Å². The smallest absolute Gasteiger partial charge is 0.144 e. The third-order valence-electron chi connectivity index (χ3n) is 4.77. The summed E-state index contributed by atoms with van der Waals surface area (Å²) < 4.78 is 0. The first-order valence-electron chi connectivity index (χ1n) is 7.43. The van der Waals surface area contributed by atoms with Gasteiger partial charge in [0, 0.05) is 24.8 Å². The first-order chi connectivity index (χ1) is 9.36. The van der Waals surface area contributed by atoms with E-state index in [1.165, 1.54) is 45.2 Å². The fraction of sp³-hybridized carbons (Fsp3) is 0.625. The molecule has 2 heterocycles. The average Bonchev–Trinajstić information content (AvgIpc) is 2.48. The van der Waals surface area contributed by atoms with Crippen LogP contribution >= 0.6 is 0 Å². The largest absolute Gasteiger partial charge is 0.299 e. The minimum absolute atomic E-state index is 0.591. The van der Waals surface area contributed by atoms with Gasteiger partial charge in [-0.25, -0.2) is 4.98 Å². The molecule has 2 unspecified atom stereocenters. The fourth-order valence-electron chi connectivity index (χ4n) is 3.73. The molecule has 0 radical (unpaired) electrons. The second-order valence-electron chi connectivity index (χ2n) is 5.95. The lowest BCUT2D eigenvalue weighted by molar-refractivity contribution is 0.0819. The second kappa shape index (κ2) is 5.71. The third kappa shape index (κ3) is 2.79. The maximum absolute atomic E-state index is 9.10. The van der Waals surface area contributed by atoms with Crippen LogP contribution in [0.3, 0.4) is 0 Å². The Bertz CT molecular complexity index is 477. The van der Waals surface area contributed by atoms with Crippen LogP contribution < -0.4 is 0 Å². The van der Waals surface area contributed by atoms with E-state index in [0.29, 0.717) is 5.69 Å². The second-order valence-corrected chi connectivity index (χ2v) is 5.95. The lowest BCUT2D eigenvalue weighted by atomic mass is 9.75. The van der Waals surface area contributed by atoms with Gasteiger partial charge in [0.15, 0.2) is 0 Å². The van der Waals surface area contributed by atoms with Crippen LogP contribution in [0.15, 0.2) is 18.3 Å².